The van der Waals surface area contributed by atoms with E-state index < -0.39 is 30.5 Å². The number of carbonyl (C=O) groups is 1. The molecule has 0 aromatic heterocycles. The predicted molar refractivity (Wildman–Crippen MR) is 97.9 cm³/mol. The minimum atomic E-state index is -4.51. The quantitative estimate of drug-likeness (QED) is 0.405. The molecule has 0 aliphatic rings. The second-order valence-electron chi connectivity index (χ2n) is 6.59. The Morgan fingerprint density at radius 3 is 2.32 bits per heavy atom. The zero-order valence-corrected chi connectivity index (χ0v) is 15.4. The van der Waals surface area contributed by atoms with Gasteiger partial charge in [-0.15, -0.1) is 0 Å². The van der Waals surface area contributed by atoms with Crippen molar-refractivity contribution in [2.45, 2.75) is 44.7 Å². The Bertz CT molecular complexity index is 785. The summed E-state index contributed by atoms with van der Waals surface area (Å²) in [4.78, 5) is 11.7. The highest BCUT2D eigenvalue weighted by atomic mass is 19.4. The molecule has 0 aliphatic carbocycles. The van der Waals surface area contributed by atoms with Crippen LogP contribution >= 0.6 is 0 Å². The standard InChI is InChI=1S/C21H22F4O3/c1-2-3-4-5-19(20(26)27)16-10-15(14-6-8-17(22)9-7-14)11-18(12-16)28-13-21(23,24)25/h6-12,19H,2-5,13H2,1H3,(H,26,27). The summed E-state index contributed by atoms with van der Waals surface area (Å²) in [5.74, 6) is -2.43. The number of alkyl halides is 3. The Morgan fingerprint density at radius 1 is 1.07 bits per heavy atom. The van der Waals surface area contributed by atoms with E-state index in [1.165, 1.54) is 36.4 Å². The Kier molecular flexibility index (Phi) is 7.43. The highest BCUT2D eigenvalue weighted by molar-refractivity contribution is 5.78. The summed E-state index contributed by atoms with van der Waals surface area (Å²) in [6, 6.07) is 9.77. The van der Waals surface area contributed by atoms with Crippen molar-refractivity contribution in [2.75, 3.05) is 6.61 Å². The van der Waals surface area contributed by atoms with Crippen LogP contribution in [0.15, 0.2) is 42.5 Å². The fourth-order valence-electron chi connectivity index (χ4n) is 2.91. The van der Waals surface area contributed by atoms with Crippen LogP contribution in [0, 0.1) is 5.82 Å². The van der Waals surface area contributed by atoms with E-state index in [9.17, 15) is 27.5 Å². The van der Waals surface area contributed by atoms with E-state index in [2.05, 4.69) is 0 Å². The molecule has 2 rings (SSSR count). The van der Waals surface area contributed by atoms with Gasteiger partial charge in [0.25, 0.3) is 0 Å². The maximum atomic E-state index is 13.2. The van der Waals surface area contributed by atoms with Crippen molar-refractivity contribution < 1.29 is 32.2 Å². The van der Waals surface area contributed by atoms with E-state index in [1.807, 2.05) is 6.92 Å². The molecular weight excluding hydrogens is 376 g/mol. The van der Waals surface area contributed by atoms with Gasteiger partial charge in [-0.3, -0.25) is 4.79 Å². The lowest BCUT2D eigenvalue weighted by Gasteiger charge is -2.17. The molecule has 28 heavy (non-hydrogen) atoms. The number of halogens is 4. The summed E-state index contributed by atoms with van der Waals surface area (Å²) in [5, 5.41) is 9.60. The van der Waals surface area contributed by atoms with Crippen molar-refractivity contribution in [3.8, 4) is 16.9 Å². The first-order valence-corrected chi connectivity index (χ1v) is 9.03. The van der Waals surface area contributed by atoms with Crippen LogP contribution in [0.2, 0.25) is 0 Å². The van der Waals surface area contributed by atoms with E-state index in [0.717, 1.165) is 12.8 Å². The van der Waals surface area contributed by atoms with E-state index in [4.69, 9.17) is 4.74 Å². The van der Waals surface area contributed by atoms with E-state index in [1.54, 1.807) is 6.07 Å². The number of carboxylic acids is 1. The third-order valence-corrected chi connectivity index (χ3v) is 4.31. The van der Waals surface area contributed by atoms with Crippen LogP contribution in [-0.4, -0.2) is 23.9 Å². The van der Waals surface area contributed by atoms with Gasteiger partial charge in [-0.05, 0) is 47.4 Å². The first-order chi connectivity index (χ1) is 13.2. The fraction of sp³-hybridized carbons (Fsp3) is 0.381. The Morgan fingerprint density at radius 2 is 1.75 bits per heavy atom. The van der Waals surface area contributed by atoms with Gasteiger partial charge in [0.05, 0.1) is 5.92 Å². The van der Waals surface area contributed by atoms with E-state index >= 15 is 0 Å². The number of rotatable bonds is 9. The van der Waals surface area contributed by atoms with Crippen LogP contribution in [0.25, 0.3) is 11.1 Å². The Balaban J connectivity index is 2.42. The number of hydrogen-bond acceptors (Lipinski definition) is 2. The first kappa shape index (κ1) is 21.7. The molecule has 1 unspecified atom stereocenters. The molecule has 0 heterocycles. The molecule has 0 amide bonds. The van der Waals surface area contributed by atoms with Gasteiger partial charge in [-0.25, -0.2) is 4.39 Å². The molecule has 152 valence electrons. The van der Waals surface area contributed by atoms with Crippen molar-refractivity contribution >= 4 is 5.97 Å². The molecule has 3 nitrogen and oxygen atoms in total. The second-order valence-corrected chi connectivity index (χ2v) is 6.59. The molecule has 7 heteroatoms. The van der Waals surface area contributed by atoms with Gasteiger partial charge >= 0.3 is 12.1 Å². The van der Waals surface area contributed by atoms with Crippen LogP contribution in [0.3, 0.4) is 0 Å². The Hall–Kier alpha value is -2.57. The average Bonchev–Trinajstić information content (AvgIpc) is 2.63. The van der Waals surface area contributed by atoms with Crippen LogP contribution < -0.4 is 4.74 Å². The number of hydrogen-bond donors (Lipinski definition) is 1. The summed E-state index contributed by atoms with van der Waals surface area (Å²) in [5.41, 5.74) is 1.39. The summed E-state index contributed by atoms with van der Waals surface area (Å²) < 4.78 is 55.7. The van der Waals surface area contributed by atoms with Crippen molar-refractivity contribution in [1.82, 2.24) is 0 Å². The third-order valence-electron chi connectivity index (χ3n) is 4.31. The van der Waals surface area contributed by atoms with Crippen LogP contribution in [0.1, 0.15) is 44.1 Å². The highest BCUT2D eigenvalue weighted by Crippen LogP contribution is 2.33. The molecule has 0 saturated carbocycles. The van der Waals surface area contributed by atoms with Gasteiger partial charge in [0.15, 0.2) is 6.61 Å². The van der Waals surface area contributed by atoms with Crippen LogP contribution in [0.5, 0.6) is 5.75 Å². The van der Waals surface area contributed by atoms with Crippen molar-refractivity contribution in [2.24, 2.45) is 0 Å². The molecule has 0 bridgehead atoms. The van der Waals surface area contributed by atoms with Crippen molar-refractivity contribution in [3.05, 3.63) is 53.8 Å². The zero-order chi connectivity index (χ0) is 20.7. The summed E-state index contributed by atoms with van der Waals surface area (Å²) in [6.07, 6.45) is -1.68. The minimum Gasteiger partial charge on any atom is -0.484 e. The van der Waals surface area contributed by atoms with Crippen molar-refractivity contribution in [1.29, 1.82) is 0 Å². The summed E-state index contributed by atoms with van der Waals surface area (Å²) in [6.45, 7) is 0.515. The molecule has 1 N–H and O–H groups in total. The number of aliphatic carboxylic acids is 1. The number of ether oxygens (including phenoxy) is 1. The topological polar surface area (TPSA) is 46.5 Å². The van der Waals surface area contributed by atoms with Gasteiger partial charge in [-0.1, -0.05) is 44.4 Å². The van der Waals surface area contributed by atoms with Gasteiger partial charge in [0, 0.05) is 0 Å². The van der Waals surface area contributed by atoms with Crippen molar-refractivity contribution in [3.63, 3.8) is 0 Å². The van der Waals surface area contributed by atoms with Crippen LogP contribution in [-0.2, 0) is 4.79 Å². The highest BCUT2D eigenvalue weighted by Gasteiger charge is 2.29. The van der Waals surface area contributed by atoms with E-state index in [0.29, 0.717) is 29.5 Å². The lowest BCUT2D eigenvalue weighted by molar-refractivity contribution is -0.153. The normalized spacial score (nSPS) is 12.6. The predicted octanol–water partition coefficient (Wildman–Crippen LogP) is 6.18. The lowest BCUT2D eigenvalue weighted by atomic mass is 9.90. The molecule has 2 aromatic rings. The van der Waals surface area contributed by atoms with E-state index in [-0.39, 0.29) is 5.75 Å². The number of benzene rings is 2. The smallest absolute Gasteiger partial charge is 0.422 e. The summed E-state index contributed by atoms with van der Waals surface area (Å²) in [7, 11) is 0. The monoisotopic (exact) mass is 398 g/mol. The molecule has 0 spiro atoms. The number of unbranched alkanes of at least 4 members (excludes halogenated alkanes) is 2. The second kappa shape index (κ2) is 9.57. The van der Waals surface area contributed by atoms with Gasteiger partial charge in [0.1, 0.15) is 11.6 Å². The average molecular weight is 398 g/mol. The molecular formula is C21H22F4O3. The first-order valence-electron chi connectivity index (χ1n) is 9.03. The molecule has 1 atom stereocenters. The van der Waals surface area contributed by atoms with Gasteiger partial charge < -0.3 is 9.84 Å². The SMILES string of the molecule is CCCCCC(C(=O)O)c1cc(OCC(F)(F)F)cc(-c2ccc(F)cc2)c1. The van der Waals surface area contributed by atoms with Gasteiger partial charge in [-0.2, -0.15) is 13.2 Å². The summed E-state index contributed by atoms with van der Waals surface area (Å²) >= 11 is 0. The number of carboxylic acid groups (broad SMARTS) is 1. The molecule has 0 fully saturated rings. The van der Waals surface area contributed by atoms with Gasteiger partial charge in [0.2, 0.25) is 0 Å². The fourth-order valence-corrected chi connectivity index (χ4v) is 2.91. The largest absolute Gasteiger partial charge is 0.484 e. The Labute approximate surface area is 161 Å². The molecule has 0 radical (unpaired) electrons. The third kappa shape index (κ3) is 6.55. The molecule has 2 aromatic carbocycles. The lowest BCUT2D eigenvalue weighted by Crippen LogP contribution is -2.19. The minimum absolute atomic E-state index is 0.0732. The molecule has 0 aliphatic heterocycles. The maximum absolute atomic E-state index is 13.2. The van der Waals surface area contributed by atoms with Crippen LogP contribution in [0.4, 0.5) is 17.6 Å². The zero-order valence-electron chi connectivity index (χ0n) is 15.4. The molecule has 0 saturated heterocycles. The maximum Gasteiger partial charge on any atom is 0.422 e.